The summed E-state index contributed by atoms with van der Waals surface area (Å²) in [7, 11) is 0. The first-order chi connectivity index (χ1) is 11.1. The zero-order valence-electron chi connectivity index (χ0n) is 13.8. The van der Waals surface area contributed by atoms with E-state index in [2.05, 4.69) is 29.7 Å². The highest BCUT2D eigenvalue weighted by atomic mass is 16.2. The molecule has 0 aromatic heterocycles. The summed E-state index contributed by atoms with van der Waals surface area (Å²) in [5, 5.41) is 6.11. The van der Waals surface area contributed by atoms with Crippen LogP contribution in [0.25, 0.3) is 0 Å². The summed E-state index contributed by atoms with van der Waals surface area (Å²) >= 11 is 0. The number of carbonyl (C=O) groups excluding carboxylic acids is 2. The zero-order chi connectivity index (χ0) is 16.2. The maximum atomic E-state index is 12.2. The van der Waals surface area contributed by atoms with Crippen LogP contribution in [-0.4, -0.2) is 18.4 Å². The van der Waals surface area contributed by atoms with Crippen molar-refractivity contribution in [3.8, 4) is 0 Å². The molecule has 0 unspecified atom stereocenters. The second-order valence-electron chi connectivity index (χ2n) is 7.00. The first kappa shape index (κ1) is 16.0. The Labute approximate surface area is 138 Å². The Morgan fingerprint density at radius 1 is 1.22 bits per heavy atom. The number of carbonyl (C=O) groups is 2. The van der Waals surface area contributed by atoms with Gasteiger partial charge in [0, 0.05) is 18.9 Å². The molecule has 1 aromatic carbocycles. The van der Waals surface area contributed by atoms with Crippen LogP contribution in [0.1, 0.15) is 50.6 Å². The van der Waals surface area contributed by atoms with E-state index < -0.39 is 0 Å². The van der Waals surface area contributed by atoms with E-state index in [4.69, 9.17) is 0 Å². The van der Waals surface area contributed by atoms with Gasteiger partial charge in [-0.05, 0) is 43.1 Å². The smallest absolute Gasteiger partial charge is 0.223 e. The molecule has 1 aromatic rings. The minimum Gasteiger partial charge on any atom is -0.356 e. The predicted molar refractivity (Wildman–Crippen MR) is 89.6 cm³/mol. The lowest BCUT2D eigenvalue weighted by atomic mass is 10.0. The van der Waals surface area contributed by atoms with Gasteiger partial charge < -0.3 is 10.6 Å². The molecule has 0 heterocycles. The highest BCUT2D eigenvalue weighted by Crippen LogP contribution is 2.46. The van der Waals surface area contributed by atoms with Crippen molar-refractivity contribution in [2.24, 2.45) is 17.8 Å². The van der Waals surface area contributed by atoms with E-state index in [-0.39, 0.29) is 23.8 Å². The molecule has 3 atom stereocenters. The molecule has 23 heavy (non-hydrogen) atoms. The normalized spacial score (nSPS) is 23.9. The monoisotopic (exact) mass is 314 g/mol. The molecule has 2 saturated carbocycles. The molecule has 2 aliphatic rings. The maximum absolute atomic E-state index is 12.2. The first-order valence-electron chi connectivity index (χ1n) is 8.77. The second-order valence-corrected chi connectivity index (χ2v) is 7.00. The standard InChI is InChI=1S/C19H26N2O2/c1-13-12-16(13)18(14-6-3-2-4-7-14)21-17(22)8-5-11-20-19(23)15-9-10-15/h2-4,6-7,13,15-16,18H,5,8-12H2,1H3,(H,20,23)(H,21,22)/t13-,16-,18+/m1/s1. The average Bonchev–Trinajstić information content (AvgIpc) is 3.46. The fourth-order valence-corrected chi connectivity index (χ4v) is 3.11. The van der Waals surface area contributed by atoms with Crippen LogP contribution in [-0.2, 0) is 9.59 Å². The lowest BCUT2D eigenvalue weighted by molar-refractivity contribution is -0.124. The van der Waals surface area contributed by atoms with Crippen molar-refractivity contribution in [1.29, 1.82) is 0 Å². The number of hydrogen-bond acceptors (Lipinski definition) is 2. The van der Waals surface area contributed by atoms with E-state index in [0.717, 1.165) is 12.8 Å². The third kappa shape index (κ3) is 4.57. The van der Waals surface area contributed by atoms with Crippen molar-refractivity contribution in [2.75, 3.05) is 6.54 Å². The Balaban J connectivity index is 1.43. The highest BCUT2D eigenvalue weighted by molar-refractivity contribution is 5.81. The van der Waals surface area contributed by atoms with Gasteiger partial charge in [0.1, 0.15) is 0 Å². The van der Waals surface area contributed by atoms with Crippen LogP contribution < -0.4 is 10.6 Å². The third-order valence-electron chi connectivity index (χ3n) is 4.90. The summed E-state index contributed by atoms with van der Waals surface area (Å²) in [6.45, 7) is 2.83. The zero-order valence-corrected chi connectivity index (χ0v) is 13.8. The topological polar surface area (TPSA) is 58.2 Å². The SMILES string of the molecule is C[C@@H]1C[C@H]1[C@@H](NC(=O)CCCNC(=O)C1CC1)c1ccccc1. The molecule has 2 fully saturated rings. The minimum atomic E-state index is 0.0821. The van der Waals surface area contributed by atoms with Gasteiger partial charge in [0.25, 0.3) is 0 Å². The quantitative estimate of drug-likeness (QED) is 0.725. The molecule has 124 valence electrons. The fourth-order valence-electron chi connectivity index (χ4n) is 3.11. The Kier molecular flexibility index (Phi) is 4.99. The van der Waals surface area contributed by atoms with Crippen molar-refractivity contribution in [3.05, 3.63) is 35.9 Å². The lowest BCUT2D eigenvalue weighted by Crippen LogP contribution is -2.31. The number of benzene rings is 1. The van der Waals surface area contributed by atoms with Crippen LogP contribution in [0.5, 0.6) is 0 Å². The molecule has 2 N–H and O–H groups in total. The van der Waals surface area contributed by atoms with Gasteiger partial charge in [0.15, 0.2) is 0 Å². The molecule has 2 amide bonds. The molecular formula is C19H26N2O2. The van der Waals surface area contributed by atoms with Crippen molar-refractivity contribution in [3.63, 3.8) is 0 Å². The van der Waals surface area contributed by atoms with Gasteiger partial charge in [-0.1, -0.05) is 37.3 Å². The van der Waals surface area contributed by atoms with Gasteiger partial charge in [-0.15, -0.1) is 0 Å². The van der Waals surface area contributed by atoms with Crippen molar-refractivity contribution < 1.29 is 9.59 Å². The highest BCUT2D eigenvalue weighted by Gasteiger charge is 2.40. The molecule has 2 aliphatic carbocycles. The van der Waals surface area contributed by atoms with Crippen LogP contribution in [0.4, 0.5) is 0 Å². The summed E-state index contributed by atoms with van der Waals surface area (Å²) in [6.07, 6.45) is 4.38. The van der Waals surface area contributed by atoms with E-state index in [1.807, 2.05) is 18.2 Å². The summed E-state index contributed by atoms with van der Waals surface area (Å²) in [5.74, 6) is 1.70. The van der Waals surface area contributed by atoms with Gasteiger partial charge in [0.2, 0.25) is 11.8 Å². The van der Waals surface area contributed by atoms with Crippen molar-refractivity contribution in [2.45, 2.75) is 45.1 Å². The molecule has 0 saturated heterocycles. The molecule has 3 rings (SSSR count). The van der Waals surface area contributed by atoms with E-state index in [9.17, 15) is 9.59 Å². The minimum absolute atomic E-state index is 0.0821. The maximum Gasteiger partial charge on any atom is 0.223 e. The van der Waals surface area contributed by atoms with Gasteiger partial charge in [-0.3, -0.25) is 9.59 Å². The molecule has 4 nitrogen and oxygen atoms in total. The summed E-state index contributed by atoms with van der Waals surface area (Å²) in [5.41, 5.74) is 1.19. The van der Waals surface area contributed by atoms with E-state index >= 15 is 0 Å². The fraction of sp³-hybridized carbons (Fsp3) is 0.579. The van der Waals surface area contributed by atoms with E-state index in [1.54, 1.807) is 0 Å². The molecule has 0 bridgehead atoms. The Morgan fingerprint density at radius 2 is 1.91 bits per heavy atom. The van der Waals surface area contributed by atoms with Crippen LogP contribution in [0, 0.1) is 17.8 Å². The summed E-state index contributed by atoms with van der Waals surface area (Å²) in [4.78, 5) is 23.8. The third-order valence-corrected chi connectivity index (χ3v) is 4.90. The molecule has 0 aliphatic heterocycles. The first-order valence-corrected chi connectivity index (χ1v) is 8.77. The number of rotatable bonds is 8. The van der Waals surface area contributed by atoms with Crippen LogP contribution in [0.3, 0.4) is 0 Å². The van der Waals surface area contributed by atoms with Gasteiger partial charge in [-0.2, -0.15) is 0 Å². The van der Waals surface area contributed by atoms with Gasteiger partial charge in [-0.25, -0.2) is 0 Å². The molecular weight excluding hydrogens is 288 g/mol. The van der Waals surface area contributed by atoms with Crippen molar-refractivity contribution >= 4 is 11.8 Å². The Bertz CT molecular complexity index is 554. The van der Waals surface area contributed by atoms with E-state index in [0.29, 0.717) is 31.2 Å². The molecule has 0 spiro atoms. The lowest BCUT2D eigenvalue weighted by Gasteiger charge is -2.19. The number of amides is 2. The average molecular weight is 314 g/mol. The van der Waals surface area contributed by atoms with Crippen LogP contribution in [0.15, 0.2) is 30.3 Å². The Hall–Kier alpha value is -1.84. The van der Waals surface area contributed by atoms with Gasteiger partial charge >= 0.3 is 0 Å². The Morgan fingerprint density at radius 3 is 2.52 bits per heavy atom. The van der Waals surface area contributed by atoms with Gasteiger partial charge in [0.05, 0.1) is 6.04 Å². The van der Waals surface area contributed by atoms with Crippen LogP contribution >= 0.6 is 0 Å². The predicted octanol–water partition coefficient (Wildman–Crippen LogP) is 2.81. The molecule has 4 heteroatoms. The van der Waals surface area contributed by atoms with Crippen molar-refractivity contribution in [1.82, 2.24) is 10.6 Å². The van der Waals surface area contributed by atoms with Crippen LogP contribution in [0.2, 0.25) is 0 Å². The second kappa shape index (κ2) is 7.16. The molecule has 0 radical (unpaired) electrons. The largest absolute Gasteiger partial charge is 0.356 e. The number of nitrogens with one attached hydrogen (secondary N) is 2. The van der Waals surface area contributed by atoms with E-state index in [1.165, 1.54) is 12.0 Å². The number of hydrogen-bond donors (Lipinski definition) is 2. The summed E-state index contributed by atoms with van der Waals surface area (Å²) < 4.78 is 0. The summed E-state index contributed by atoms with van der Waals surface area (Å²) in [6, 6.07) is 10.3.